The van der Waals surface area contributed by atoms with E-state index in [1.54, 1.807) is 19.3 Å². The van der Waals surface area contributed by atoms with E-state index in [2.05, 4.69) is 13.2 Å². The van der Waals surface area contributed by atoms with Gasteiger partial charge in [0.05, 0.1) is 7.11 Å². The first kappa shape index (κ1) is 13.9. The summed E-state index contributed by atoms with van der Waals surface area (Å²) in [5.74, 6) is 1.62. The average molecular weight is 266 g/mol. The zero-order chi connectivity index (χ0) is 14.4. The summed E-state index contributed by atoms with van der Waals surface area (Å²) in [4.78, 5) is 0. The van der Waals surface area contributed by atoms with Gasteiger partial charge < -0.3 is 9.47 Å². The van der Waals surface area contributed by atoms with Crippen LogP contribution in [0.5, 0.6) is 11.5 Å². The lowest BCUT2D eigenvalue weighted by Gasteiger charge is -2.17. The molecule has 102 valence electrons. The third kappa shape index (κ3) is 3.09. The molecule has 0 aliphatic rings. The van der Waals surface area contributed by atoms with Crippen molar-refractivity contribution in [2.45, 2.75) is 6.10 Å². The van der Waals surface area contributed by atoms with Crippen LogP contribution in [-0.4, -0.2) is 7.11 Å². The second kappa shape index (κ2) is 6.62. The van der Waals surface area contributed by atoms with Gasteiger partial charge in [-0.15, -0.1) is 0 Å². The number of hydrogen-bond acceptors (Lipinski definition) is 2. The molecule has 0 bridgehead atoms. The van der Waals surface area contributed by atoms with Crippen LogP contribution in [0.4, 0.5) is 0 Å². The zero-order valence-corrected chi connectivity index (χ0v) is 11.6. The van der Waals surface area contributed by atoms with E-state index >= 15 is 0 Å². The highest BCUT2D eigenvalue weighted by Crippen LogP contribution is 2.27. The molecular formula is C18H18O2. The number of para-hydroxylation sites is 1. The SMILES string of the molecule is C=Cc1ccccc1OC(C=C)c1ccc(OC)cc1. The van der Waals surface area contributed by atoms with Crippen LogP contribution in [0.15, 0.2) is 67.8 Å². The third-order valence-corrected chi connectivity index (χ3v) is 3.05. The Labute approximate surface area is 120 Å². The number of hydrogen-bond donors (Lipinski definition) is 0. The highest BCUT2D eigenvalue weighted by molar-refractivity contribution is 5.55. The van der Waals surface area contributed by atoms with E-state index in [1.165, 1.54) is 0 Å². The molecule has 0 N–H and O–H groups in total. The van der Waals surface area contributed by atoms with Gasteiger partial charge in [0, 0.05) is 5.56 Å². The van der Waals surface area contributed by atoms with Crippen LogP contribution in [0.3, 0.4) is 0 Å². The maximum atomic E-state index is 6.02. The molecule has 0 spiro atoms. The monoisotopic (exact) mass is 266 g/mol. The second-order valence-corrected chi connectivity index (χ2v) is 4.29. The minimum Gasteiger partial charge on any atom is -0.497 e. The highest BCUT2D eigenvalue weighted by atomic mass is 16.5. The molecule has 0 fully saturated rings. The molecule has 2 rings (SSSR count). The van der Waals surface area contributed by atoms with E-state index in [0.717, 1.165) is 22.6 Å². The van der Waals surface area contributed by atoms with Gasteiger partial charge in [0.2, 0.25) is 0 Å². The Hall–Kier alpha value is -2.48. The predicted molar refractivity (Wildman–Crippen MR) is 83.1 cm³/mol. The molecular weight excluding hydrogens is 248 g/mol. The van der Waals surface area contributed by atoms with E-state index < -0.39 is 0 Å². The lowest BCUT2D eigenvalue weighted by atomic mass is 10.1. The number of benzene rings is 2. The van der Waals surface area contributed by atoms with Gasteiger partial charge in [-0.25, -0.2) is 0 Å². The Morgan fingerprint density at radius 3 is 2.30 bits per heavy atom. The second-order valence-electron chi connectivity index (χ2n) is 4.29. The van der Waals surface area contributed by atoms with Gasteiger partial charge in [-0.1, -0.05) is 49.6 Å². The Morgan fingerprint density at radius 1 is 1.00 bits per heavy atom. The topological polar surface area (TPSA) is 18.5 Å². The van der Waals surface area contributed by atoms with Crippen LogP contribution in [-0.2, 0) is 0 Å². The lowest BCUT2D eigenvalue weighted by molar-refractivity contribution is 0.255. The molecule has 0 aliphatic heterocycles. The number of methoxy groups -OCH3 is 1. The molecule has 2 aromatic carbocycles. The minimum absolute atomic E-state index is 0.206. The Bertz CT molecular complexity index is 585. The summed E-state index contributed by atoms with van der Waals surface area (Å²) in [5, 5.41) is 0. The first-order chi connectivity index (χ1) is 9.78. The van der Waals surface area contributed by atoms with Crippen LogP contribution in [0.2, 0.25) is 0 Å². The number of ether oxygens (including phenoxy) is 2. The predicted octanol–water partition coefficient (Wildman–Crippen LogP) is 4.64. The molecule has 2 nitrogen and oxygen atoms in total. The standard InChI is InChI=1S/C18H18O2/c1-4-14-8-6-7-9-18(14)20-17(5-2)15-10-12-16(19-3)13-11-15/h4-13,17H,1-2H2,3H3. The maximum absolute atomic E-state index is 6.02. The Morgan fingerprint density at radius 2 is 1.70 bits per heavy atom. The normalized spacial score (nSPS) is 11.4. The molecule has 0 heterocycles. The Balaban J connectivity index is 2.23. The van der Waals surface area contributed by atoms with E-state index in [9.17, 15) is 0 Å². The Kier molecular flexibility index (Phi) is 4.61. The molecule has 2 heteroatoms. The maximum Gasteiger partial charge on any atom is 0.142 e. The fraction of sp³-hybridized carbons (Fsp3) is 0.111. The van der Waals surface area contributed by atoms with Crippen LogP contribution < -0.4 is 9.47 Å². The summed E-state index contributed by atoms with van der Waals surface area (Å²) in [6.07, 6.45) is 3.35. The summed E-state index contributed by atoms with van der Waals surface area (Å²) >= 11 is 0. The van der Waals surface area contributed by atoms with E-state index in [0.29, 0.717) is 0 Å². The van der Waals surface area contributed by atoms with Crippen molar-refractivity contribution in [3.8, 4) is 11.5 Å². The van der Waals surface area contributed by atoms with Crippen molar-refractivity contribution in [1.29, 1.82) is 0 Å². The van der Waals surface area contributed by atoms with Crippen molar-refractivity contribution >= 4 is 6.08 Å². The molecule has 0 aliphatic carbocycles. The molecule has 0 aromatic heterocycles. The van der Waals surface area contributed by atoms with Crippen LogP contribution in [0.1, 0.15) is 17.2 Å². The molecule has 0 saturated heterocycles. The van der Waals surface area contributed by atoms with Crippen molar-refractivity contribution in [3.63, 3.8) is 0 Å². The molecule has 0 amide bonds. The molecule has 2 aromatic rings. The summed E-state index contributed by atoms with van der Waals surface area (Å²) in [6, 6.07) is 15.6. The fourth-order valence-electron chi connectivity index (χ4n) is 1.94. The van der Waals surface area contributed by atoms with Crippen molar-refractivity contribution < 1.29 is 9.47 Å². The lowest BCUT2D eigenvalue weighted by Crippen LogP contribution is -2.05. The van der Waals surface area contributed by atoms with Crippen molar-refractivity contribution in [3.05, 3.63) is 78.9 Å². The van der Waals surface area contributed by atoms with E-state index in [4.69, 9.17) is 9.47 Å². The van der Waals surface area contributed by atoms with Gasteiger partial charge in [0.15, 0.2) is 0 Å². The summed E-state index contributed by atoms with van der Waals surface area (Å²) in [6.45, 7) is 7.65. The molecule has 0 saturated carbocycles. The van der Waals surface area contributed by atoms with Gasteiger partial charge >= 0.3 is 0 Å². The van der Waals surface area contributed by atoms with Gasteiger partial charge in [0.1, 0.15) is 17.6 Å². The van der Waals surface area contributed by atoms with Gasteiger partial charge in [-0.3, -0.25) is 0 Å². The molecule has 0 radical (unpaired) electrons. The smallest absolute Gasteiger partial charge is 0.142 e. The van der Waals surface area contributed by atoms with Crippen molar-refractivity contribution in [1.82, 2.24) is 0 Å². The van der Waals surface area contributed by atoms with Crippen LogP contribution in [0.25, 0.3) is 6.08 Å². The molecule has 20 heavy (non-hydrogen) atoms. The largest absolute Gasteiger partial charge is 0.497 e. The fourth-order valence-corrected chi connectivity index (χ4v) is 1.94. The van der Waals surface area contributed by atoms with Crippen LogP contribution in [0, 0.1) is 0 Å². The summed E-state index contributed by atoms with van der Waals surface area (Å²) < 4.78 is 11.2. The van der Waals surface area contributed by atoms with E-state index in [1.807, 2.05) is 48.5 Å². The van der Waals surface area contributed by atoms with Crippen molar-refractivity contribution in [2.24, 2.45) is 0 Å². The summed E-state index contributed by atoms with van der Waals surface area (Å²) in [7, 11) is 1.65. The van der Waals surface area contributed by atoms with Gasteiger partial charge in [-0.05, 0) is 29.8 Å². The molecule has 1 unspecified atom stereocenters. The first-order valence-electron chi connectivity index (χ1n) is 6.43. The average Bonchev–Trinajstić information content (AvgIpc) is 2.53. The first-order valence-corrected chi connectivity index (χ1v) is 6.43. The number of rotatable bonds is 6. The minimum atomic E-state index is -0.206. The third-order valence-electron chi connectivity index (χ3n) is 3.05. The van der Waals surface area contributed by atoms with Gasteiger partial charge in [-0.2, -0.15) is 0 Å². The quantitative estimate of drug-likeness (QED) is 0.709. The zero-order valence-electron chi connectivity index (χ0n) is 11.6. The van der Waals surface area contributed by atoms with E-state index in [-0.39, 0.29) is 6.10 Å². The summed E-state index contributed by atoms with van der Waals surface area (Å²) in [5.41, 5.74) is 1.99. The van der Waals surface area contributed by atoms with Crippen molar-refractivity contribution in [2.75, 3.05) is 7.11 Å². The van der Waals surface area contributed by atoms with Gasteiger partial charge in [0.25, 0.3) is 0 Å². The highest BCUT2D eigenvalue weighted by Gasteiger charge is 2.11. The molecule has 1 atom stereocenters. The van der Waals surface area contributed by atoms with Crippen LogP contribution >= 0.6 is 0 Å².